The molecule has 1 aliphatic rings. The molecule has 0 heterocycles. The van der Waals surface area contributed by atoms with Crippen molar-refractivity contribution in [2.24, 2.45) is 5.41 Å². The molecule has 0 aromatic heterocycles. The van der Waals surface area contributed by atoms with Crippen molar-refractivity contribution < 1.29 is 9.53 Å². The molecule has 0 spiro atoms. The van der Waals surface area contributed by atoms with Crippen LogP contribution in [0.5, 0.6) is 5.75 Å². The molecular weight excluding hydrogens is 188 g/mol. The van der Waals surface area contributed by atoms with E-state index in [0.717, 1.165) is 25.0 Å². The van der Waals surface area contributed by atoms with Crippen LogP contribution >= 0.6 is 0 Å². The summed E-state index contributed by atoms with van der Waals surface area (Å²) in [5.74, 6) is 1.19. The third-order valence-corrected chi connectivity index (χ3v) is 3.28. The summed E-state index contributed by atoms with van der Waals surface area (Å²) >= 11 is 0. The van der Waals surface area contributed by atoms with Crippen LogP contribution < -0.4 is 4.74 Å². The summed E-state index contributed by atoms with van der Waals surface area (Å²) in [4.78, 5) is 11.5. The standard InChI is InChI=1S/C13H16O2/c1-10(14)13(6-7-13)9-11-4-3-5-12(8-11)15-2/h3-5,8H,6-7,9H2,1-2H3. The Bertz CT molecular complexity index is 378. The minimum atomic E-state index is -0.0492. The number of rotatable bonds is 4. The van der Waals surface area contributed by atoms with Gasteiger partial charge >= 0.3 is 0 Å². The predicted octanol–water partition coefficient (Wildman–Crippen LogP) is 2.61. The Morgan fingerprint density at radius 3 is 2.73 bits per heavy atom. The van der Waals surface area contributed by atoms with Crippen LogP contribution in [0.3, 0.4) is 0 Å². The molecule has 0 unspecified atom stereocenters. The average molecular weight is 204 g/mol. The fourth-order valence-electron chi connectivity index (χ4n) is 1.98. The number of Topliss-reactive ketones (excluding diaryl/α,β-unsaturated/α-hetero) is 1. The van der Waals surface area contributed by atoms with Gasteiger partial charge in [0.2, 0.25) is 0 Å². The van der Waals surface area contributed by atoms with E-state index in [4.69, 9.17) is 4.74 Å². The first-order valence-electron chi connectivity index (χ1n) is 5.30. The van der Waals surface area contributed by atoms with Crippen LogP contribution in [0.25, 0.3) is 0 Å². The summed E-state index contributed by atoms with van der Waals surface area (Å²) in [6.07, 6.45) is 2.94. The summed E-state index contributed by atoms with van der Waals surface area (Å²) < 4.78 is 5.17. The van der Waals surface area contributed by atoms with Crippen molar-refractivity contribution in [1.82, 2.24) is 0 Å². The lowest BCUT2D eigenvalue weighted by molar-refractivity contribution is -0.121. The van der Waals surface area contributed by atoms with Gasteiger partial charge in [0.05, 0.1) is 7.11 Å². The topological polar surface area (TPSA) is 26.3 Å². The molecule has 2 rings (SSSR count). The van der Waals surface area contributed by atoms with Crippen molar-refractivity contribution in [3.05, 3.63) is 29.8 Å². The van der Waals surface area contributed by atoms with Gasteiger partial charge in [-0.1, -0.05) is 12.1 Å². The minimum Gasteiger partial charge on any atom is -0.497 e. The van der Waals surface area contributed by atoms with E-state index in [1.165, 1.54) is 5.56 Å². The van der Waals surface area contributed by atoms with Gasteiger partial charge in [0.25, 0.3) is 0 Å². The highest BCUT2D eigenvalue weighted by Crippen LogP contribution is 2.49. The van der Waals surface area contributed by atoms with Crippen molar-refractivity contribution in [2.45, 2.75) is 26.2 Å². The van der Waals surface area contributed by atoms with Gasteiger partial charge < -0.3 is 4.74 Å². The van der Waals surface area contributed by atoms with E-state index >= 15 is 0 Å². The van der Waals surface area contributed by atoms with E-state index in [0.29, 0.717) is 5.78 Å². The highest BCUT2D eigenvalue weighted by Gasteiger charge is 2.46. The second-order valence-electron chi connectivity index (χ2n) is 4.36. The van der Waals surface area contributed by atoms with Gasteiger partial charge in [-0.2, -0.15) is 0 Å². The number of ether oxygens (including phenoxy) is 1. The maximum Gasteiger partial charge on any atom is 0.136 e. The zero-order valence-corrected chi connectivity index (χ0v) is 9.25. The highest BCUT2D eigenvalue weighted by molar-refractivity contribution is 5.85. The highest BCUT2D eigenvalue weighted by atomic mass is 16.5. The molecule has 0 N–H and O–H groups in total. The second-order valence-corrected chi connectivity index (χ2v) is 4.36. The van der Waals surface area contributed by atoms with Gasteiger partial charge in [-0.15, -0.1) is 0 Å². The first kappa shape index (κ1) is 10.2. The van der Waals surface area contributed by atoms with Crippen LogP contribution in [0.2, 0.25) is 0 Å². The quantitative estimate of drug-likeness (QED) is 0.753. The van der Waals surface area contributed by atoms with Gasteiger partial charge in [0.15, 0.2) is 0 Å². The van der Waals surface area contributed by atoms with Gasteiger partial charge in [0, 0.05) is 5.41 Å². The second kappa shape index (κ2) is 3.69. The molecule has 1 aliphatic carbocycles. The zero-order chi connectivity index (χ0) is 10.9. The number of hydrogen-bond donors (Lipinski definition) is 0. The van der Waals surface area contributed by atoms with Gasteiger partial charge in [-0.05, 0) is 43.9 Å². The van der Waals surface area contributed by atoms with Crippen molar-refractivity contribution in [3.63, 3.8) is 0 Å². The summed E-state index contributed by atoms with van der Waals surface area (Å²) in [5.41, 5.74) is 1.15. The summed E-state index contributed by atoms with van der Waals surface area (Å²) in [7, 11) is 1.66. The Morgan fingerprint density at radius 1 is 1.47 bits per heavy atom. The first-order valence-corrected chi connectivity index (χ1v) is 5.30. The lowest BCUT2D eigenvalue weighted by Gasteiger charge is -2.11. The maximum absolute atomic E-state index is 11.5. The molecule has 1 fully saturated rings. The van der Waals surface area contributed by atoms with E-state index in [1.54, 1.807) is 14.0 Å². The van der Waals surface area contributed by atoms with Crippen LogP contribution in [0.15, 0.2) is 24.3 Å². The van der Waals surface area contributed by atoms with Crippen LogP contribution in [-0.2, 0) is 11.2 Å². The smallest absolute Gasteiger partial charge is 0.136 e. The molecule has 0 saturated heterocycles. The average Bonchev–Trinajstić information content (AvgIpc) is 2.99. The normalized spacial score (nSPS) is 17.2. The molecule has 2 heteroatoms. The third-order valence-electron chi connectivity index (χ3n) is 3.28. The monoisotopic (exact) mass is 204 g/mol. The number of hydrogen-bond acceptors (Lipinski definition) is 2. The van der Waals surface area contributed by atoms with E-state index in [1.807, 2.05) is 18.2 Å². The number of benzene rings is 1. The van der Waals surface area contributed by atoms with Crippen LogP contribution in [0, 0.1) is 5.41 Å². The molecule has 0 aliphatic heterocycles. The van der Waals surface area contributed by atoms with Crippen LogP contribution in [-0.4, -0.2) is 12.9 Å². The molecule has 0 bridgehead atoms. The molecule has 0 atom stereocenters. The Balaban J connectivity index is 2.14. The van der Waals surface area contributed by atoms with Crippen molar-refractivity contribution >= 4 is 5.78 Å². The molecule has 15 heavy (non-hydrogen) atoms. The molecule has 1 aromatic rings. The van der Waals surface area contributed by atoms with Crippen LogP contribution in [0.1, 0.15) is 25.3 Å². The van der Waals surface area contributed by atoms with E-state index in [-0.39, 0.29) is 5.41 Å². The lowest BCUT2D eigenvalue weighted by atomic mass is 9.93. The fourth-order valence-corrected chi connectivity index (χ4v) is 1.98. The fraction of sp³-hybridized carbons (Fsp3) is 0.462. The Labute approximate surface area is 90.3 Å². The maximum atomic E-state index is 11.5. The third kappa shape index (κ3) is 2.04. The minimum absolute atomic E-state index is 0.0492. The van der Waals surface area contributed by atoms with Gasteiger partial charge in [-0.25, -0.2) is 0 Å². The number of carbonyl (C=O) groups excluding carboxylic acids is 1. The molecule has 0 radical (unpaired) electrons. The van der Waals surface area contributed by atoms with Crippen LogP contribution in [0.4, 0.5) is 0 Å². The summed E-state index contributed by atoms with van der Waals surface area (Å²) in [6, 6.07) is 7.98. The Morgan fingerprint density at radius 2 is 2.20 bits per heavy atom. The van der Waals surface area contributed by atoms with Gasteiger partial charge in [-0.3, -0.25) is 4.79 Å². The Kier molecular flexibility index (Phi) is 2.51. The predicted molar refractivity (Wildman–Crippen MR) is 59.0 cm³/mol. The van der Waals surface area contributed by atoms with E-state index in [9.17, 15) is 4.79 Å². The largest absolute Gasteiger partial charge is 0.497 e. The van der Waals surface area contributed by atoms with Gasteiger partial charge in [0.1, 0.15) is 11.5 Å². The molecular formula is C13H16O2. The van der Waals surface area contributed by atoms with Crippen molar-refractivity contribution in [1.29, 1.82) is 0 Å². The molecule has 2 nitrogen and oxygen atoms in total. The number of methoxy groups -OCH3 is 1. The lowest BCUT2D eigenvalue weighted by Crippen LogP contribution is -2.14. The molecule has 1 aromatic carbocycles. The van der Waals surface area contributed by atoms with E-state index < -0.39 is 0 Å². The first-order chi connectivity index (χ1) is 7.16. The number of ketones is 1. The molecule has 80 valence electrons. The van der Waals surface area contributed by atoms with Crippen molar-refractivity contribution in [3.8, 4) is 5.75 Å². The summed E-state index contributed by atoms with van der Waals surface area (Å²) in [6.45, 7) is 1.70. The SMILES string of the molecule is COc1cccc(CC2(C(C)=O)CC2)c1. The van der Waals surface area contributed by atoms with E-state index in [2.05, 4.69) is 6.07 Å². The summed E-state index contributed by atoms with van der Waals surface area (Å²) in [5, 5.41) is 0. The molecule has 1 saturated carbocycles. The molecule has 0 amide bonds. The zero-order valence-electron chi connectivity index (χ0n) is 9.25. The Hall–Kier alpha value is -1.31. The van der Waals surface area contributed by atoms with Crippen molar-refractivity contribution in [2.75, 3.05) is 7.11 Å². The number of carbonyl (C=O) groups is 1.